The first-order chi connectivity index (χ1) is 21.1. The zero-order valence-electron chi connectivity index (χ0n) is 31.6. The monoisotopic (exact) mass is 652 g/mol. The third kappa shape index (κ3) is 10.8. The van der Waals surface area contributed by atoms with Gasteiger partial charge in [-0.05, 0) is 45.6 Å². The molecule has 2 aromatic rings. The minimum atomic E-state index is -3.68. The van der Waals surface area contributed by atoms with Gasteiger partial charge in [0, 0.05) is 43.2 Å². The molecule has 2 amide bonds. The van der Waals surface area contributed by atoms with E-state index in [0.29, 0.717) is 36.8 Å². The van der Waals surface area contributed by atoms with Crippen molar-refractivity contribution >= 4 is 29.6 Å². The van der Waals surface area contributed by atoms with Crippen molar-refractivity contribution in [2.24, 2.45) is 23.7 Å². The summed E-state index contributed by atoms with van der Waals surface area (Å²) >= 11 is 0. The zero-order chi connectivity index (χ0) is 35.2. The summed E-state index contributed by atoms with van der Waals surface area (Å²) < 4.78 is 16.1. The first-order valence-corrected chi connectivity index (χ1v) is 19.2. The fraction of sp³-hybridized carbons (Fsp3) is 0.650. The molecule has 1 atom stereocenters. The van der Waals surface area contributed by atoms with Crippen molar-refractivity contribution in [3.05, 3.63) is 59.7 Å². The van der Waals surface area contributed by atoms with Crippen LogP contribution in [0.3, 0.4) is 0 Å². The van der Waals surface area contributed by atoms with Gasteiger partial charge >= 0.3 is 0 Å². The van der Waals surface area contributed by atoms with Crippen LogP contribution in [0.2, 0.25) is 0 Å². The van der Waals surface area contributed by atoms with Gasteiger partial charge < -0.3 is 14.4 Å². The molecule has 0 aromatic heterocycles. The zero-order valence-corrected chi connectivity index (χ0v) is 32.5. The highest BCUT2D eigenvalue weighted by molar-refractivity contribution is 7.80. The molecule has 0 saturated carbocycles. The third-order valence-corrected chi connectivity index (χ3v) is 11.7. The Morgan fingerprint density at radius 3 is 1.15 bits per heavy atom. The maximum absolute atomic E-state index is 16.1. The number of rotatable bonds is 14. The summed E-state index contributed by atoms with van der Waals surface area (Å²) in [5, 5.41) is 1.26. The Labute approximate surface area is 282 Å². The lowest BCUT2D eigenvalue weighted by Crippen LogP contribution is -2.48. The quantitative estimate of drug-likeness (QED) is 0.192. The molecule has 0 N–H and O–H groups in total. The van der Waals surface area contributed by atoms with E-state index in [0.717, 1.165) is 11.1 Å². The molecule has 5 nitrogen and oxygen atoms in total. The Hall–Kier alpha value is -2.39. The summed E-state index contributed by atoms with van der Waals surface area (Å²) in [6.45, 7) is 32.1. The van der Waals surface area contributed by atoms with E-state index in [1.165, 1.54) is 0 Å². The summed E-state index contributed by atoms with van der Waals surface area (Å²) in [6.07, 6.45) is -0.0930. The van der Waals surface area contributed by atoms with E-state index < -0.39 is 12.8 Å². The molecule has 0 heterocycles. The van der Waals surface area contributed by atoms with Gasteiger partial charge in [0.15, 0.2) is 7.14 Å². The van der Waals surface area contributed by atoms with Crippen LogP contribution in [0.1, 0.15) is 114 Å². The molecule has 0 saturated heterocycles. The molecule has 258 valence electrons. The molecule has 0 aliphatic carbocycles. The number of nitrogens with zero attached hydrogens (tertiary/aromatic N) is 2. The van der Waals surface area contributed by atoms with Crippen LogP contribution in [0.4, 0.5) is 0 Å². The molecule has 0 radical (unpaired) electrons. The van der Waals surface area contributed by atoms with Crippen LogP contribution in [0.5, 0.6) is 0 Å². The van der Waals surface area contributed by atoms with Gasteiger partial charge in [0.2, 0.25) is 11.8 Å². The number of carbonyl (C=O) groups excluding carboxylic acids is 2. The van der Waals surface area contributed by atoms with E-state index in [4.69, 9.17) is 0 Å². The molecule has 0 fully saturated rings. The van der Waals surface area contributed by atoms with Gasteiger partial charge in [-0.3, -0.25) is 9.59 Å². The molecule has 0 spiro atoms. The Kier molecular flexibility index (Phi) is 14.0. The van der Waals surface area contributed by atoms with Crippen molar-refractivity contribution in [2.75, 3.05) is 26.2 Å². The van der Waals surface area contributed by atoms with Crippen molar-refractivity contribution in [3.8, 4) is 0 Å². The van der Waals surface area contributed by atoms with Crippen LogP contribution in [0.25, 0.3) is 0 Å². The minimum Gasteiger partial charge on any atom is -0.342 e. The van der Waals surface area contributed by atoms with Crippen molar-refractivity contribution < 1.29 is 14.2 Å². The maximum Gasteiger partial charge on any atom is 0.234 e. The Morgan fingerprint density at radius 1 is 0.565 bits per heavy atom. The van der Waals surface area contributed by atoms with Crippen LogP contribution < -0.4 is 10.6 Å². The summed E-state index contributed by atoms with van der Waals surface area (Å²) in [7, 11) is -3.68. The Balaban J connectivity index is 2.91. The lowest BCUT2D eigenvalue weighted by atomic mass is 9.87. The second-order valence-electron chi connectivity index (χ2n) is 17.1. The van der Waals surface area contributed by atoms with E-state index >= 15 is 4.57 Å². The van der Waals surface area contributed by atoms with Gasteiger partial charge in [0.1, 0.15) is 5.66 Å². The highest BCUT2D eigenvalue weighted by atomic mass is 31.2. The molecule has 0 bridgehead atoms. The smallest absolute Gasteiger partial charge is 0.234 e. The number of hydrogen-bond acceptors (Lipinski definition) is 3. The number of hydrogen-bond donors (Lipinski definition) is 0. The van der Waals surface area contributed by atoms with E-state index in [1.807, 2.05) is 58.3 Å². The molecule has 2 rings (SSSR count). The van der Waals surface area contributed by atoms with Crippen molar-refractivity contribution in [1.29, 1.82) is 0 Å². The van der Waals surface area contributed by atoms with Crippen LogP contribution in [0.15, 0.2) is 48.5 Å². The van der Waals surface area contributed by atoms with E-state index in [9.17, 15) is 9.59 Å². The lowest BCUT2D eigenvalue weighted by Gasteiger charge is -2.36. The molecular formula is C40H65N2O3P. The first kappa shape index (κ1) is 39.8. The van der Waals surface area contributed by atoms with E-state index in [-0.39, 0.29) is 52.7 Å². The van der Waals surface area contributed by atoms with Gasteiger partial charge in [0.05, 0.1) is 0 Å². The molecular weight excluding hydrogens is 587 g/mol. The molecule has 46 heavy (non-hydrogen) atoms. The number of carbonyl (C=O) groups is 2. The van der Waals surface area contributed by atoms with Crippen molar-refractivity contribution in [3.63, 3.8) is 0 Å². The standard InChI is InChI=1S/C40H65N2O3P/c1-28(2)24-41(25-29(3)4)37(43)23-36(38(44)42(26-30(5)6)27-31(7)8)46(45,34-19-15-32(16-20-34)39(9,10)11)35-21-17-33(18-22-35)40(12,13)14/h15-22,28-31,36H,23-27H2,1-14H3/t36-/m0/s1. The van der Waals surface area contributed by atoms with Gasteiger partial charge in [-0.25, -0.2) is 0 Å². The number of amides is 2. The third-order valence-electron chi connectivity index (χ3n) is 8.33. The first-order valence-electron chi connectivity index (χ1n) is 17.5. The topological polar surface area (TPSA) is 57.7 Å². The van der Waals surface area contributed by atoms with Crippen LogP contribution >= 0.6 is 7.14 Å². The van der Waals surface area contributed by atoms with Gasteiger partial charge in [-0.15, -0.1) is 0 Å². The maximum atomic E-state index is 16.1. The average molecular weight is 653 g/mol. The number of benzene rings is 2. The van der Waals surface area contributed by atoms with Gasteiger partial charge in [-0.1, -0.05) is 145 Å². The predicted molar refractivity (Wildman–Crippen MR) is 198 cm³/mol. The van der Waals surface area contributed by atoms with Gasteiger partial charge in [0.25, 0.3) is 0 Å². The lowest BCUT2D eigenvalue weighted by molar-refractivity contribution is -0.137. The summed E-state index contributed by atoms with van der Waals surface area (Å²) in [6, 6.07) is 15.9. The summed E-state index contributed by atoms with van der Waals surface area (Å²) in [4.78, 5) is 33.0. The summed E-state index contributed by atoms with van der Waals surface area (Å²) in [5.74, 6) is 0.720. The average Bonchev–Trinajstić information content (AvgIpc) is 2.92. The van der Waals surface area contributed by atoms with Crippen LogP contribution in [-0.2, 0) is 25.0 Å². The van der Waals surface area contributed by atoms with Crippen LogP contribution in [0, 0.1) is 23.7 Å². The Bertz CT molecular complexity index is 1230. The van der Waals surface area contributed by atoms with Crippen molar-refractivity contribution in [2.45, 2.75) is 120 Å². The molecule has 6 heteroatoms. The molecule has 0 aliphatic rings. The minimum absolute atomic E-state index is 0.0818. The molecule has 0 aliphatic heterocycles. The van der Waals surface area contributed by atoms with Gasteiger partial charge in [-0.2, -0.15) is 0 Å². The SMILES string of the molecule is CC(C)CN(CC(C)C)C(=O)C[C@@H](C(=O)N(CC(C)C)CC(C)C)P(=O)(c1ccc(C(C)(C)C)cc1)c1ccc(C(C)(C)C)cc1. The van der Waals surface area contributed by atoms with Crippen molar-refractivity contribution in [1.82, 2.24) is 9.80 Å². The molecule has 0 unspecified atom stereocenters. The fourth-order valence-electron chi connectivity index (χ4n) is 6.05. The highest BCUT2D eigenvalue weighted by Gasteiger charge is 2.45. The fourth-order valence-corrected chi connectivity index (χ4v) is 9.14. The second-order valence-corrected chi connectivity index (χ2v) is 20.1. The summed E-state index contributed by atoms with van der Waals surface area (Å²) in [5.41, 5.74) is 1.08. The largest absolute Gasteiger partial charge is 0.342 e. The second kappa shape index (κ2) is 16.1. The molecule has 2 aromatic carbocycles. The van der Waals surface area contributed by atoms with Crippen LogP contribution in [-0.4, -0.2) is 53.5 Å². The van der Waals surface area contributed by atoms with E-state index in [1.54, 1.807) is 0 Å². The Morgan fingerprint density at radius 2 is 0.870 bits per heavy atom. The highest BCUT2D eigenvalue weighted by Crippen LogP contribution is 2.51. The normalized spacial score (nSPS) is 13.5. The predicted octanol–water partition coefficient (Wildman–Crippen LogP) is 8.64. The van der Waals surface area contributed by atoms with E-state index in [2.05, 4.69) is 96.9 Å².